The van der Waals surface area contributed by atoms with Crippen molar-refractivity contribution in [3.8, 4) is 0 Å². The number of carbonyl (C=O) groups excluding carboxylic acids is 2. The van der Waals surface area contributed by atoms with E-state index in [1.807, 2.05) is 6.92 Å². The third-order valence-electron chi connectivity index (χ3n) is 6.16. The normalized spacial score (nSPS) is 12.1. The van der Waals surface area contributed by atoms with Crippen LogP contribution in [0.15, 0.2) is 65.6 Å². The van der Waals surface area contributed by atoms with Crippen molar-refractivity contribution < 1.29 is 18.0 Å². The van der Waals surface area contributed by atoms with Gasteiger partial charge in [0.05, 0.1) is 30.7 Å². The maximum atomic E-state index is 14.0. The number of amides is 2. The Hall–Kier alpha value is -2.49. The molecule has 0 saturated carbocycles. The van der Waals surface area contributed by atoms with Crippen molar-refractivity contribution in [2.24, 2.45) is 0 Å². The number of halogens is 4. The number of anilines is 1. The average Bonchev–Trinajstić information content (AvgIpc) is 2.91. The number of nitrogens with zero attached hydrogens (tertiary/aromatic N) is 2. The number of benzene rings is 3. The molecule has 0 radical (unpaired) electrons. The fourth-order valence-electron chi connectivity index (χ4n) is 4.08. The number of hydrogen-bond donors (Lipinski definition) is 1. The second-order valence-corrected chi connectivity index (χ2v) is 12.4. The largest absolute Gasteiger partial charge is 0.355 e. The van der Waals surface area contributed by atoms with Crippen LogP contribution < -0.4 is 9.62 Å². The van der Waals surface area contributed by atoms with Crippen LogP contribution in [-0.2, 0) is 26.2 Å². The Morgan fingerprint density at radius 2 is 1.57 bits per heavy atom. The van der Waals surface area contributed by atoms with Gasteiger partial charge in [0.2, 0.25) is 11.8 Å². The molecular weight excluding hydrogens is 616 g/mol. The predicted molar refractivity (Wildman–Crippen MR) is 162 cm³/mol. The second kappa shape index (κ2) is 13.9. The number of nitrogens with one attached hydrogen (secondary N) is 1. The first-order chi connectivity index (χ1) is 18.9. The molecule has 0 aliphatic heterocycles. The van der Waals surface area contributed by atoms with Crippen LogP contribution in [0.3, 0.4) is 0 Å². The van der Waals surface area contributed by atoms with Crippen LogP contribution in [0.1, 0.15) is 31.4 Å². The third-order valence-corrected chi connectivity index (χ3v) is 9.48. The molecule has 3 rings (SSSR count). The molecule has 1 N–H and O–H groups in total. The van der Waals surface area contributed by atoms with Crippen molar-refractivity contribution in [3.05, 3.63) is 91.9 Å². The number of aryl methyl sites for hydroxylation is 1. The van der Waals surface area contributed by atoms with E-state index in [1.54, 1.807) is 50.2 Å². The van der Waals surface area contributed by atoms with Crippen LogP contribution in [0, 0.1) is 6.92 Å². The van der Waals surface area contributed by atoms with Gasteiger partial charge in [0.25, 0.3) is 10.0 Å². The van der Waals surface area contributed by atoms with Crippen LogP contribution in [0.25, 0.3) is 0 Å². The van der Waals surface area contributed by atoms with Crippen molar-refractivity contribution in [1.29, 1.82) is 0 Å². The summed E-state index contributed by atoms with van der Waals surface area (Å²) in [4.78, 5) is 28.3. The molecule has 12 heteroatoms. The monoisotopic (exact) mass is 643 g/mol. The van der Waals surface area contributed by atoms with E-state index in [0.29, 0.717) is 17.1 Å². The maximum absolute atomic E-state index is 14.0. The van der Waals surface area contributed by atoms with Gasteiger partial charge in [-0.2, -0.15) is 0 Å². The Bertz CT molecular complexity index is 1480. The summed E-state index contributed by atoms with van der Waals surface area (Å²) in [6, 6.07) is 14.8. The lowest BCUT2D eigenvalue weighted by atomic mass is 10.1. The smallest absolute Gasteiger partial charge is 0.264 e. The first-order valence-electron chi connectivity index (χ1n) is 12.4. The van der Waals surface area contributed by atoms with E-state index in [9.17, 15) is 18.0 Å². The fourth-order valence-corrected chi connectivity index (χ4v) is 6.28. The molecule has 2 amide bonds. The third kappa shape index (κ3) is 7.42. The average molecular weight is 645 g/mol. The Morgan fingerprint density at radius 1 is 0.900 bits per heavy atom. The highest BCUT2D eigenvalue weighted by atomic mass is 35.5. The zero-order valence-corrected chi connectivity index (χ0v) is 26.0. The maximum Gasteiger partial charge on any atom is 0.264 e. The molecule has 0 aliphatic rings. The molecule has 3 aromatic rings. The summed E-state index contributed by atoms with van der Waals surface area (Å²) >= 11 is 25.0. The number of rotatable bonds is 11. The van der Waals surface area contributed by atoms with Gasteiger partial charge in [-0.3, -0.25) is 13.9 Å². The van der Waals surface area contributed by atoms with Gasteiger partial charge < -0.3 is 10.2 Å². The van der Waals surface area contributed by atoms with Crippen molar-refractivity contribution in [3.63, 3.8) is 0 Å². The van der Waals surface area contributed by atoms with Gasteiger partial charge in [-0.05, 0) is 62.2 Å². The second-order valence-electron chi connectivity index (χ2n) is 8.99. The standard InChI is InChI=1S/C28H29Cl4N3O4S/c1-4-24(28(37)33-5-2)34(16-19-11-14-21(29)23(31)15-19)26(36)17-35(25-8-6-7-22(30)27(25)32)40(38,39)20-12-9-18(3)10-13-20/h6-15,24H,4-5,16-17H2,1-3H3,(H,33,37)/t24-/m1/s1. The minimum atomic E-state index is -4.28. The van der Waals surface area contributed by atoms with Gasteiger partial charge in [0, 0.05) is 13.1 Å². The van der Waals surface area contributed by atoms with Gasteiger partial charge in [0.1, 0.15) is 12.6 Å². The quantitative estimate of drug-likeness (QED) is 0.250. The lowest BCUT2D eigenvalue weighted by Gasteiger charge is -2.33. The Labute approximate surface area is 255 Å². The lowest BCUT2D eigenvalue weighted by molar-refractivity contribution is -0.140. The van der Waals surface area contributed by atoms with E-state index in [2.05, 4.69) is 5.32 Å². The van der Waals surface area contributed by atoms with Crippen molar-refractivity contribution >= 4 is 73.9 Å². The van der Waals surface area contributed by atoms with Crippen LogP contribution in [-0.4, -0.2) is 44.3 Å². The Kier molecular flexibility index (Phi) is 11.1. The minimum Gasteiger partial charge on any atom is -0.355 e. The molecule has 0 fully saturated rings. The minimum absolute atomic E-state index is 0.0208. The van der Waals surface area contributed by atoms with Gasteiger partial charge >= 0.3 is 0 Å². The molecule has 0 spiro atoms. The zero-order valence-electron chi connectivity index (χ0n) is 22.1. The van der Waals surface area contributed by atoms with Crippen molar-refractivity contribution in [2.45, 2.75) is 44.7 Å². The Morgan fingerprint density at radius 3 is 2.17 bits per heavy atom. The highest BCUT2D eigenvalue weighted by molar-refractivity contribution is 7.92. The number of sulfonamides is 1. The highest BCUT2D eigenvalue weighted by Crippen LogP contribution is 2.36. The lowest BCUT2D eigenvalue weighted by Crippen LogP contribution is -2.52. The van der Waals surface area contributed by atoms with Crippen LogP contribution in [0.2, 0.25) is 20.1 Å². The molecule has 0 bridgehead atoms. The van der Waals surface area contributed by atoms with E-state index in [4.69, 9.17) is 46.4 Å². The van der Waals surface area contributed by atoms with Crippen LogP contribution in [0.5, 0.6) is 0 Å². The van der Waals surface area contributed by atoms with Crippen LogP contribution in [0.4, 0.5) is 5.69 Å². The van der Waals surface area contributed by atoms with Gasteiger partial charge in [-0.25, -0.2) is 8.42 Å². The number of hydrogen-bond acceptors (Lipinski definition) is 4. The molecule has 0 unspecified atom stereocenters. The molecule has 1 atom stereocenters. The van der Waals surface area contributed by atoms with E-state index >= 15 is 0 Å². The van der Waals surface area contributed by atoms with E-state index < -0.39 is 28.5 Å². The summed E-state index contributed by atoms with van der Waals surface area (Å²) in [6.45, 7) is 5.06. The van der Waals surface area contributed by atoms with Gasteiger partial charge in [-0.15, -0.1) is 0 Å². The fraction of sp³-hybridized carbons (Fsp3) is 0.286. The summed E-state index contributed by atoms with van der Waals surface area (Å²) in [5.41, 5.74) is 1.51. The molecule has 0 heterocycles. The summed E-state index contributed by atoms with van der Waals surface area (Å²) in [6.07, 6.45) is 0.279. The van der Waals surface area contributed by atoms with Crippen molar-refractivity contribution in [2.75, 3.05) is 17.4 Å². The van der Waals surface area contributed by atoms with Crippen molar-refractivity contribution in [1.82, 2.24) is 10.2 Å². The summed E-state index contributed by atoms with van der Waals surface area (Å²) in [5, 5.41) is 3.47. The predicted octanol–water partition coefficient (Wildman–Crippen LogP) is 6.75. The first kappa shape index (κ1) is 32.0. The highest BCUT2D eigenvalue weighted by Gasteiger charge is 2.34. The molecule has 0 aliphatic carbocycles. The van der Waals surface area contributed by atoms with E-state index in [0.717, 1.165) is 9.87 Å². The number of carbonyl (C=O) groups is 2. The molecule has 3 aromatic carbocycles. The van der Waals surface area contributed by atoms with E-state index in [-0.39, 0.29) is 44.5 Å². The summed E-state index contributed by atoms with van der Waals surface area (Å²) in [7, 11) is -4.28. The van der Waals surface area contributed by atoms with E-state index in [1.165, 1.54) is 29.2 Å². The topological polar surface area (TPSA) is 86.8 Å². The molecule has 7 nitrogen and oxygen atoms in total. The summed E-state index contributed by atoms with van der Waals surface area (Å²) < 4.78 is 28.8. The number of likely N-dealkylation sites (N-methyl/N-ethyl adjacent to an activating group) is 1. The molecule has 0 saturated heterocycles. The Balaban J connectivity index is 2.11. The van der Waals surface area contributed by atoms with Gasteiger partial charge in [-0.1, -0.05) is 83.2 Å². The zero-order chi connectivity index (χ0) is 29.6. The summed E-state index contributed by atoms with van der Waals surface area (Å²) in [5.74, 6) is -0.997. The SMILES string of the molecule is CCNC(=O)[C@@H](CC)N(Cc1ccc(Cl)c(Cl)c1)C(=O)CN(c1cccc(Cl)c1Cl)S(=O)(=O)c1ccc(C)cc1. The molecule has 214 valence electrons. The molecule has 0 aromatic heterocycles. The van der Waals surface area contributed by atoms with Gasteiger partial charge in [0.15, 0.2) is 0 Å². The molecule has 40 heavy (non-hydrogen) atoms. The first-order valence-corrected chi connectivity index (χ1v) is 15.4. The molecular formula is C28H29Cl4N3O4S. The van der Waals surface area contributed by atoms with Crippen LogP contribution >= 0.6 is 46.4 Å².